The number of hydrogen-bond donors (Lipinski definition) is 1. The van der Waals surface area contributed by atoms with Crippen molar-refractivity contribution in [3.8, 4) is 11.5 Å². The molecule has 2 fully saturated rings. The van der Waals surface area contributed by atoms with Gasteiger partial charge in [-0.05, 0) is 63.3 Å². The van der Waals surface area contributed by atoms with E-state index >= 15 is 0 Å². The number of nitrogens with one attached hydrogen (secondary N) is 1. The summed E-state index contributed by atoms with van der Waals surface area (Å²) in [6.45, 7) is 0.974. The lowest BCUT2D eigenvalue weighted by Gasteiger charge is -2.38. The molecule has 1 aromatic heterocycles. The molecule has 8 nitrogen and oxygen atoms in total. The van der Waals surface area contributed by atoms with E-state index in [4.69, 9.17) is 21.1 Å². The predicted octanol–water partition coefficient (Wildman–Crippen LogP) is 5.42. The van der Waals surface area contributed by atoms with Crippen LogP contribution in [-0.2, 0) is 4.79 Å². The van der Waals surface area contributed by atoms with E-state index in [1.807, 2.05) is 20.2 Å². The van der Waals surface area contributed by atoms with Gasteiger partial charge in [0.25, 0.3) is 0 Å². The Balaban J connectivity index is 1.32. The van der Waals surface area contributed by atoms with Crippen molar-refractivity contribution in [3.63, 3.8) is 0 Å². The molecule has 202 valence electrons. The largest absolute Gasteiger partial charge is 0.493 e. The maximum Gasteiger partial charge on any atom is 0.239 e. The summed E-state index contributed by atoms with van der Waals surface area (Å²) in [5, 5.41) is 3.75. The number of amides is 1. The Hall–Kier alpha value is -3.17. The number of carbonyl (C=O) groups excluding carboxylic acids is 1. The molecule has 1 amide bonds. The van der Waals surface area contributed by atoms with Gasteiger partial charge in [-0.1, -0.05) is 17.7 Å². The van der Waals surface area contributed by atoms with Gasteiger partial charge in [0.05, 0.1) is 35.5 Å². The van der Waals surface area contributed by atoms with Gasteiger partial charge in [-0.2, -0.15) is 0 Å². The van der Waals surface area contributed by atoms with Crippen molar-refractivity contribution in [2.45, 2.75) is 56.7 Å². The first-order valence-electron chi connectivity index (χ1n) is 13.0. The Kier molecular flexibility index (Phi) is 7.85. The molecule has 5 rings (SSSR count). The zero-order chi connectivity index (χ0) is 26.8. The second-order valence-electron chi connectivity index (χ2n) is 10.1. The number of nitrogens with zero attached hydrogens (tertiary/aromatic N) is 4. The lowest BCUT2D eigenvalue weighted by atomic mass is 9.91. The zero-order valence-corrected chi connectivity index (χ0v) is 22.7. The van der Waals surface area contributed by atoms with Gasteiger partial charge in [0.1, 0.15) is 12.1 Å². The van der Waals surface area contributed by atoms with Crippen LogP contribution in [0.2, 0.25) is 5.02 Å². The maximum absolute atomic E-state index is 14.5. The van der Waals surface area contributed by atoms with Gasteiger partial charge in [-0.25, -0.2) is 14.4 Å². The number of aromatic nitrogens is 2. The summed E-state index contributed by atoms with van der Waals surface area (Å²) in [6, 6.07) is 8.80. The fraction of sp³-hybridized carbons (Fsp3) is 0.464. The Morgan fingerprint density at radius 1 is 1.13 bits per heavy atom. The third-order valence-corrected chi connectivity index (χ3v) is 7.84. The number of rotatable bonds is 7. The highest BCUT2D eigenvalue weighted by atomic mass is 35.5. The van der Waals surface area contributed by atoms with E-state index in [1.54, 1.807) is 30.2 Å². The van der Waals surface area contributed by atoms with Crippen molar-refractivity contribution < 1.29 is 18.7 Å². The molecule has 1 N–H and O–H groups in total. The molecule has 1 saturated heterocycles. The third-order valence-electron chi connectivity index (χ3n) is 7.55. The molecular weight excluding hydrogens is 509 g/mol. The van der Waals surface area contributed by atoms with Crippen LogP contribution in [0, 0.1) is 5.82 Å². The minimum atomic E-state index is -0.546. The molecule has 0 unspecified atom stereocenters. The van der Waals surface area contributed by atoms with Crippen molar-refractivity contribution in [1.82, 2.24) is 19.8 Å². The highest BCUT2D eigenvalue weighted by Crippen LogP contribution is 2.38. The van der Waals surface area contributed by atoms with Crippen LogP contribution in [0.3, 0.4) is 0 Å². The lowest BCUT2D eigenvalue weighted by Crippen LogP contribution is -2.49. The molecule has 2 aliphatic rings. The molecule has 10 heteroatoms. The summed E-state index contributed by atoms with van der Waals surface area (Å²) in [6.07, 6.45) is 7.15. The van der Waals surface area contributed by atoms with E-state index in [-0.39, 0.29) is 28.8 Å². The quantitative estimate of drug-likeness (QED) is 0.428. The highest BCUT2D eigenvalue weighted by molar-refractivity contribution is 6.31. The average Bonchev–Trinajstić information content (AvgIpc) is 3.41. The third kappa shape index (κ3) is 5.35. The number of methoxy groups -OCH3 is 1. The second kappa shape index (κ2) is 11.3. The standard InChI is InChI=1S/C28H33ClFN5O3/c1-34(2)28(36)23-8-5-13-35(23)17-9-11-18(12-10-17)38-25-14-19-22(15-24(25)37-3)31-16-32-27(19)33-21-7-4-6-20(29)26(21)30/h4,6-7,14-18,23H,5,8-13H2,1-3H3,(H,31,32,33)/t17?,18?,23-/m1/s1. The number of hydrogen-bond acceptors (Lipinski definition) is 7. The van der Waals surface area contributed by atoms with E-state index in [2.05, 4.69) is 20.2 Å². The van der Waals surface area contributed by atoms with Crippen molar-refractivity contribution in [1.29, 1.82) is 0 Å². The summed E-state index contributed by atoms with van der Waals surface area (Å²) in [4.78, 5) is 25.5. The fourth-order valence-electron chi connectivity index (χ4n) is 5.61. The van der Waals surface area contributed by atoms with Gasteiger partial charge in [0.15, 0.2) is 17.3 Å². The Morgan fingerprint density at radius 2 is 1.92 bits per heavy atom. The normalized spacial score (nSPS) is 21.9. The molecule has 1 aliphatic heterocycles. The van der Waals surface area contributed by atoms with Gasteiger partial charge in [0.2, 0.25) is 5.91 Å². The number of ether oxygens (including phenoxy) is 2. The Morgan fingerprint density at radius 3 is 2.66 bits per heavy atom. The van der Waals surface area contributed by atoms with E-state index in [0.717, 1.165) is 45.1 Å². The number of benzene rings is 2. The Labute approximate surface area is 227 Å². The molecule has 0 radical (unpaired) electrons. The predicted molar refractivity (Wildman–Crippen MR) is 146 cm³/mol. The number of carbonyl (C=O) groups is 1. The zero-order valence-electron chi connectivity index (χ0n) is 21.9. The van der Waals surface area contributed by atoms with Crippen molar-refractivity contribution in [3.05, 3.63) is 47.5 Å². The van der Waals surface area contributed by atoms with Crippen LogP contribution < -0.4 is 14.8 Å². The highest BCUT2D eigenvalue weighted by Gasteiger charge is 2.38. The molecule has 38 heavy (non-hydrogen) atoms. The summed E-state index contributed by atoms with van der Waals surface area (Å²) >= 11 is 5.95. The number of fused-ring (bicyclic) bond motifs is 1. The first-order chi connectivity index (χ1) is 18.4. The molecule has 1 saturated carbocycles. The van der Waals surface area contributed by atoms with Gasteiger partial charge in [-0.3, -0.25) is 9.69 Å². The van der Waals surface area contributed by atoms with Crippen molar-refractivity contribution in [2.24, 2.45) is 0 Å². The molecule has 0 spiro atoms. The van der Waals surface area contributed by atoms with Crippen LogP contribution in [0.1, 0.15) is 38.5 Å². The summed E-state index contributed by atoms with van der Waals surface area (Å²) in [5.41, 5.74) is 0.866. The first-order valence-corrected chi connectivity index (χ1v) is 13.4. The number of likely N-dealkylation sites (tertiary alicyclic amines) is 1. The number of anilines is 2. The van der Waals surface area contributed by atoms with Crippen LogP contribution in [0.4, 0.5) is 15.9 Å². The molecular formula is C28H33ClFN5O3. The maximum atomic E-state index is 14.5. The summed E-state index contributed by atoms with van der Waals surface area (Å²) in [5.74, 6) is 1.27. The number of likely N-dealkylation sites (N-methyl/N-ethyl adjacent to an activating group) is 1. The minimum Gasteiger partial charge on any atom is -0.493 e. The van der Waals surface area contributed by atoms with E-state index < -0.39 is 5.82 Å². The molecule has 2 aromatic carbocycles. The van der Waals surface area contributed by atoms with E-state index in [0.29, 0.717) is 34.3 Å². The van der Waals surface area contributed by atoms with Crippen molar-refractivity contribution >= 4 is 39.9 Å². The molecule has 1 atom stereocenters. The van der Waals surface area contributed by atoms with Gasteiger partial charge < -0.3 is 19.7 Å². The van der Waals surface area contributed by atoms with Crippen LogP contribution in [0.5, 0.6) is 11.5 Å². The SMILES string of the molecule is COc1cc2ncnc(Nc3cccc(Cl)c3F)c2cc1OC1CCC(N2CCC[C@@H]2C(=O)N(C)C)CC1. The summed E-state index contributed by atoms with van der Waals surface area (Å²) < 4.78 is 26.6. The van der Waals surface area contributed by atoms with Crippen LogP contribution in [-0.4, -0.2) is 71.6 Å². The lowest BCUT2D eigenvalue weighted by molar-refractivity contribution is -0.134. The second-order valence-corrected chi connectivity index (χ2v) is 10.6. The van der Waals surface area contributed by atoms with E-state index in [9.17, 15) is 9.18 Å². The van der Waals surface area contributed by atoms with Gasteiger partial charge in [0, 0.05) is 31.6 Å². The fourth-order valence-corrected chi connectivity index (χ4v) is 5.78. The molecule has 1 aliphatic carbocycles. The molecule has 3 aromatic rings. The molecule has 2 heterocycles. The van der Waals surface area contributed by atoms with Gasteiger partial charge >= 0.3 is 0 Å². The Bertz CT molecular complexity index is 1320. The van der Waals surface area contributed by atoms with Crippen LogP contribution in [0.15, 0.2) is 36.7 Å². The first kappa shape index (κ1) is 26.4. The number of halogens is 2. The van der Waals surface area contributed by atoms with Crippen LogP contribution in [0.25, 0.3) is 10.9 Å². The van der Waals surface area contributed by atoms with Gasteiger partial charge in [-0.15, -0.1) is 0 Å². The summed E-state index contributed by atoms with van der Waals surface area (Å²) in [7, 11) is 5.26. The van der Waals surface area contributed by atoms with E-state index in [1.165, 1.54) is 12.4 Å². The molecule has 0 bridgehead atoms. The monoisotopic (exact) mass is 541 g/mol. The van der Waals surface area contributed by atoms with Crippen LogP contribution >= 0.6 is 11.6 Å². The van der Waals surface area contributed by atoms with Crippen molar-refractivity contribution in [2.75, 3.05) is 33.1 Å². The topological polar surface area (TPSA) is 79.8 Å². The minimum absolute atomic E-state index is 0.0108. The smallest absolute Gasteiger partial charge is 0.239 e. The average molecular weight is 542 g/mol.